The molecule has 0 aromatic carbocycles. The monoisotopic (exact) mass is 235 g/mol. The van der Waals surface area contributed by atoms with Crippen molar-refractivity contribution in [2.45, 2.75) is 58.9 Å². The van der Waals surface area contributed by atoms with Gasteiger partial charge in [-0.15, -0.1) is 0 Å². The Labute approximate surface area is 104 Å². The van der Waals surface area contributed by atoms with E-state index in [1.165, 1.54) is 32.1 Å². The summed E-state index contributed by atoms with van der Waals surface area (Å²) < 4.78 is 2.01. The maximum Gasteiger partial charge on any atom is 0.121 e. The lowest BCUT2D eigenvalue weighted by Gasteiger charge is -2.39. The highest BCUT2D eigenvalue weighted by molar-refractivity contribution is 5.26. The van der Waals surface area contributed by atoms with E-state index < -0.39 is 0 Å². The summed E-state index contributed by atoms with van der Waals surface area (Å²) in [5, 5.41) is 4.34. The predicted molar refractivity (Wildman–Crippen MR) is 71.7 cm³/mol. The highest BCUT2D eigenvalue weighted by Gasteiger charge is 2.32. The van der Waals surface area contributed by atoms with Gasteiger partial charge in [-0.3, -0.25) is 0 Å². The standard InChI is InChI=1S/C14H25N3/c1-4-14(2,3)11-5-7-12(8-6-11)17-13(15)9-10-16-17/h9-12H,4-8,15H2,1-3H3. The molecular weight excluding hydrogens is 210 g/mol. The van der Waals surface area contributed by atoms with E-state index in [9.17, 15) is 0 Å². The Morgan fingerprint density at radius 3 is 2.47 bits per heavy atom. The summed E-state index contributed by atoms with van der Waals surface area (Å²) in [6.07, 6.45) is 8.14. The molecule has 1 saturated carbocycles. The molecule has 0 unspecified atom stereocenters. The minimum Gasteiger partial charge on any atom is -0.384 e. The first kappa shape index (κ1) is 12.5. The molecule has 0 amide bonds. The molecule has 0 bridgehead atoms. The second-order valence-corrected chi connectivity index (χ2v) is 6.05. The SMILES string of the molecule is CCC(C)(C)C1CCC(n2nccc2N)CC1. The fourth-order valence-corrected chi connectivity index (χ4v) is 3.02. The maximum absolute atomic E-state index is 5.92. The van der Waals surface area contributed by atoms with Crippen LogP contribution in [-0.2, 0) is 0 Å². The van der Waals surface area contributed by atoms with Crippen LogP contribution < -0.4 is 5.73 Å². The van der Waals surface area contributed by atoms with E-state index in [0.29, 0.717) is 11.5 Å². The van der Waals surface area contributed by atoms with Gasteiger partial charge in [-0.05, 0) is 43.1 Å². The van der Waals surface area contributed by atoms with Crippen LogP contribution in [-0.4, -0.2) is 9.78 Å². The second-order valence-electron chi connectivity index (χ2n) is 6.05. The van der Waals surface area contributed by atoms with Crippen molar-refractivity contribution < 1.29 is 0 Å². The van der Waals surface area contributed by atoms with Gasteiger partial charge >= 0.3 is 0 Å². The molecule has 1 fully saturated rings. The number of rotatable bonds is 3. The summed E-state index contributed by atoms with van der Waals surface area (Å²) in [6, 6.07) is 2.41. The number of nitrogen functional groups attached to an aromatic ring is 1. The molecule has 3 heteroatoms. The van der Waals surface area contributed by atoms with Crippen LogP contribution in [0.1, 0.15) is 58.9 Å². The van der Waals surface area contributed by atoms with Gasteiger partial charge in [0.05, 0.1) is 12.2 Å². The molecule has 2 rings (SSSR count). The summed E-state index contributed by atoms with van der Waals surface area (Å²) in [4.78, 5) is 0. The summed E-state index contributed by atoms with van der Waals surface area (Å²) in [7, 11) is 0. The average molecular weight is 235 g/mol. The summed E-state index contributed by atoms with van der Waals surface area (Å²) >= 11 is 0. The van der Waals surface area contributed by atoms with Crippen molar-refractivity contribution in [1.82, 2.24) is 9.78 Å². The predicted octanol–water partition coefficient (Wildman–Crippen LogP) is 3.63. The molecule has 2 N–H and O–H groups in total. The maximum atomic E-state index is 5.92. The Morgan fingerprint density at radius 1 is 1.35 bits per heavy atom. The second kappa shape index (κ2) is 4.71. The van der Waals surface area contributed by atoms with Gasteiger partial charge in [0, 0.05) is 0 Å². The Bertz CT molecular complexity index is 359. The van der Waals surface area contributed by atoms with Crippen molar-refractivity contribution in [3.63, 3.8) is 0 Å². The normalized spacial score (nSPS) is 26.1. The van der Waals surface area contributed by atoms with Crippen molar-refractivity contribution in [3.8, 4) is 0 Å². The lowest BCUT2D eigenvalue weighted by molar-refractivity contribution is 0.127. The molecule has 1 heterocycles. The van der Waals surface area contributed by atoms with Gasteiger partial charge in [-0.25, -0.2) is 4.68 Å². The van der Waals surface area contributed by atoms with Crippen molar-refractivity contribution >= 4 is 5.82 Å². The zero-order chi connectivity index (χ0) is 12.5. The smallest absolute Gasteiger partial charge is 0.121 e. The van der Waals surface area contributed by atoms with Gasteiger partial charge in [0.15, 0.2) is 0 Å². The van der Waals surface area contributed by atoms with E-state index in [4.69, 9.17) is 5.73 Å². The molecular formula is C14H25N3. The van der Waals surface area contributed by atoms with Crippen molar-refractivity contribution in [2.24, 2.45) is 11.3 Å². The van der Waals surface area contributed by atoms with E-state index >= 15 is 0 Å². The Morgan fingerprint density at radius 2 is 2.00 bits per heavy atom. The average Bonchev–Trinajstić information content (AvgIpc) is 2.76. The molecule has 1 aromatic heterocycles. The first-order chi connectivity index (χ1) is 8.04. The number of nitrogens with zero attached hydrogens (tertiary/aromatic N) is 2. The summed E-state index contributed by atoms with van der Waals surface area (Å²) in [5.74, 6) is 1.67. The van der Waals surface area contributed by atoms with Crippen LogP contribution in [0.15, 0.2) is 12.3 Å². The fraction of sp³-hybridized carbons (Fsp3) is 0.786. The van der Waals surface area contributed by atoms with E-state index in [1.54, 1.807) is 6.20 Å². The first-order valence-electron chi connectivity index (χ1n) is 6.83. The van der Waals surface area contributed by atoms with Crippen LogP contribution in [0.5, 0.6) is 0 Å². The van der Waals surface area contributed by atoms with Crippen LogP contribution in [0.2, 0.25) is 0 Å². The van der Waals surface area contributed by atoms with Crippen LogP contribution >= 0.6 is 0 Å². The number of anilines is 1. The number of hydrogen-bond acceptors (Lipinski definition) is 2. The molecule has 0 aliphatic heterocycles. The van der Waals surface area contributed by atoms with Gasteiger partial charge in [0.2, 0.25) is 0 Å². The van der Waals surface area contributed by atoms with E-state index in [-0.39, 0.29) is 0 Å². The highest BCUT2D eigenvalue weighted by atomic mass is 15.3. The third-order valence-corrected chi connectivity index (χ3v) is 4.76. The summed E-state index contributed by atoms with van der Waals surface area (Å²) in [6.45, 7) is 7.11. The molecule has 0 atom stereocenters. The first-order valence-corrected chi connectivity index (χ1v) is 6.83. The van der Waals surface area contributed by atoms with Crippen molar-refractivity contribution in [3.05, 3.63) is 12.3 Å². The fourth-order valence-electron chi connectivity index (χ4n) is 3.02. The van der Waals surface area contributed by atoms with E-state index in [0.717, 1.165) is 11.7 Å². The zero-order valence-electron chi connectivity index (χ0n) is 11.3. The van der Waals surface area contributed by atoms with E-state index in [2.05, 4.69) is 25.9 Å². The largest absolute Gasteiger partial charge is 0.384 e. The Balaban J connectivity index is 1.97. The molecule has 1 aliphatic carbocycles. The molecule has 1 aliphatic rings. The molecule has 3 nitrogen and oxygen atoms in total. The van der Waals surface area contributed by atoms with Gasteiger partial charge in [0.25, 0.3) is 0 Å². The van der Waals surface area contributed by atoms with Crippen LogP contribution in [0, 0.1) is 11.3 Å². The number of nitrogens with two attached hydrogens (primary N) is 1. The zero-order valence-corrected chi connectivity index (χ0v) is 11.3. The van der Waals surface area contributed by atoms with Gasteiger partial charge in [-0.1, -0.05) is 27.2 Å². The van der Waals surface area contributed by atoms with Crippen LogP contribution in [0.3, 0.4) is 0 Å². The minimum absolute atomic E-state index is 0.487. The van der Waals surface area contributed by atoms with Crippen LogP contribution in [0.25, 0.3) is 0 Å². The Hall–Kier alpha value is -0.990. The molecule has 0 radical (unpaired) electrons. The number of aromatic nitrogens is 2. The van der Waals surface area contributed by atoms with E-state index in [1.807, 2.05) is 10.7 Å². The summed E-state index contributed by atoms with van der Waals surface area (Å²) in [5.41, 5.74) is 6.41. The highest BCUT2D eigenvalue weighted by Crippen LogP contribution is 2.43. The lowest BCUT2D eigenvalue weighted by Crippen LogP contribution is -2.29. The number of hydrogen-bond donors (Lipinski definition) is 1. The molecule has 96 valence electrons. The van der Waals surface area contributed by atoms with Gasteiger partial charge < -0.3 is 5.73 Å². The third-order valence-electron chi connectivity index (χ3n) is 4.76. The van der Waals surface area contributed by atoms with Crippen molar-refractivity contribution in [2.75, 3.05) is 5.73 Å². The lowest BCUT2D eigenvalue weighted by atomic mass is 9.69. The molecule has 1 aromatic rings. The molecule has 0 saturated heterocycles. The van der Waals surface area contributed by atoms with Gasteiger partial charge in [-0.2, -0.15) is 5.10 Å². The third kappa shape index (κ3) is 2.48. The Kier molecular flexibility index (Phi) is 3.45. The van der Waals surface area contributed by atoms with Crippen molar-refractivity contribution in [1.29, 1.82) is 0 Å². The molecule has 0 spiro atoms. The van der Waals surface area contributed by atoms with Gasteiger partial charge in [0.1, 0.15) is 5.82 Å². The topological polar surface area (TPSA) is 43.8 Å². The molecule has 17 heavy (non-hydrogen) atoms. The minimum atomic E-state index is 0.487. The van der Waals surface area contributed by atoms with Crippen LogP contribution in [0.4, 0.5) is 5.82 Å². The quantitative estimate of drug-likeness (QED) is 0.869.